The van der Waals surface area contributed by atoms with Crippen molar-refractivity contribution in [2.45, 2.75) is 65.0 Å². The second kappa shape index (κ2) is 8.84. The van der Waals surface area contributed by atoms with E-state index in [9.17, 15) is 0 Å². The normalized spacial score (nSPS) is 14.4. The molecule has 108 valence electrons. The lowest BCUT2D eigenvalue weighted by Crippen LogP contribution is -2.29. The molecule has 2 unspecified atom stereocenters. The van der Waals surface area contributed by atoms with E-state index in [1.807, 2.05) is 18.2 Å². The van der Waals surface area contributed by atoms with E-state index in [1.54, 1.807) is 0 Å². The molecule has 19 heavy (non-hydrogen) atoms. The van der Waals surface area contributed by atoms with Gasteiger partial charge in [-0.25, -0.2) is 0 Å². The van der Waals surface area contributed by atoms with E-state index in [1.165, 1.54) is 32.1 Å². The highest BCUT2D eigenvalue weighted by molar-refractivity contribution is 6.35. The highest BCUT2D eigenvalue weighted by Crippen LogP contribution is 2.26. The molecule has 1 N–H and O–H groups in total. The predicted molar refractivity (Wildman–Crippen MR) is 86.2 cm³/mol. The lowest BCUT2D eigenvalue weighted by molar-refractivity contribution is 0.438. The molecule has 0 amide bonds. The zero-order valence-electron chi connectivity index (χ0n) is 12.2. The molecule has 0 spiro atoms. The minimum Gasteiger partial charge on any atom is -0.308 e. The van der Waals surface area contributed by atoms with Crippen LogP contribution in [0.2, 0.25) is 10.0 Å². The first-order valence-corrected chi connectivity index (χ1v) is 8.01. The molecule has 0 saturated carbocycles. The molecule has 1 aromatic rings. The van der Waals surface area contributed by atoms with E-state index in [0.717, 1.165) is 10.6 Å². The summed E-state index contributed by atoms with van der Waals surface area (Å²) in [6, 6.07) is 6.48. The van der Waals surface area contributed by atoms with Crippen LogP contribution in [0.15, 0.2) is 18.2 Å². The molecule has 0 aliphatic carbocycles. The Morgan fingerprint density at radius 1 is 1.11 bits per heavy atom. The molecule has 0 aromatic heterocycles. The molecule has 3 heteroatoms. The van der Waals surface area contributed by atoms with Gasteiger partial charge < -0.3 is 5.32 Å². The first kappa shape index (κ1) is 16.8. The molecular weight excluding hydrogens is 277 g/mol. The van der Waals surface area contributed by atoms with Gasteiger partial charge in [0.25, 0.3) is 0 Å². The van der Waals surface area contributed by atoms with Crippen LogP contribution < -0.4 is 5.32 Å². The van der Waals surface area contributed by atoms with Crippen LogP contribution in [-0.2, 0) is 0 Å². The molecule has 1 nitrogen and oxygen atoms in total. The highest BCUT2D eigenvalue weighted by Gasteiger charge is 2.12. The lowest BCUT2D eigenvalue weighted by atomic mass is 10.0. The summed E-state index contributed by atoms with van der Waals surface area (Å²) in [5.41, 5.74) is 1.12. The van der Waals surface area contributed by atoms with Crippen LogP contribution in [0, 0.1) is 0 Å². The van der Waals surface area contributed by atoms with Crippen LogP contribution >= 0.6 is 23.2 Å². The predicted octanol–water partition coefficient (Wildman–Crippen LogP) is 6.00. The van der Waals surface area contributed by atoms with Crippen LogP contribution in [0.1, 0.15) is 64.5 Å². The highest BCUT2D eigenvalue weighted by atomic mass is 35.5. The van der Waals surface area contributed by atoms with E-state index < -0.39 is 0 Å². The molecule has 0 radical (unpaired) electrons. The second-order valence-corrected chi connectivity index (χ2v) is 6.15. The van der Waals surface area contributed by atoms with Crippen LogP contribution in [0.25, 0.3) is 0 Å². The Kier molecular flexibility index (Phi) is 7.82. The monoisotopic (exact) mass is 301 g/mol. The minimum absolute atomic E-state index is 0.256. The Morgan fingerprint density at radius 2 is 1.84 bits per heavy atom. The Labute approximate surface area is 127 Å². The summed E-state index contributed by atoms with van der Waals surface area (Å²) in [6.45, 7) is 6.64. The third-order valence-corrected chi connectivity index (χ3v) is 4.02. The van der Waals surface area contributed by atoms with Gasteiger partial charge in [0.2, 0.25) is 0 Å². The zero-order chi connectivity index (χ0) is 14.3. The quantitative estimate of drug-likeness (QED) is 0.580. The summed E-state index contributed by atoms with van der Waals surface area (Å²) in [5, 5.41) is 5.04. The van der Waals surface area contributed by atoms with E-state index in [-0.39, 0.29) is 6.04 Å². The maximum absolute atomic E-state index is 6.23. The van der Waals surface area contributed by atoms with Gasteiger partial charge in [-0.2, -0.15) is 0 Å². The van der Waals surface area contributed by atoms with Gasteiger partial charge in [-0.15, -0.1) is 0 Å². The number of halogens is 2. The molecule has 0 fully saturated rings. The van der Waals surface area contributed by atoms with Crippen LogP contribution in [-0.4, -0.2) is 6.04 Å². The van der Waals surface area contributed by atoms with E-state index >= 15 is 0 Å². The van der Waals surface area contributed by atoms with E-state index in [0.29, 0.717) is 11.1 Å². The summed E-state index contributed by atoms with van der Waals surface area (Å²) in [6.07, 6.45) is 6.47. The smallest absolute Gasteiger partial charge is 0.0468 e. The molecule has 2 atom stereocenters. The van der Waals surface area contributed by atoms with Gasteiger partial charge in [-0.05, 0) is 38.0 Å². The van der Waals surface area contributed by atoms with Crippen molar-refractivity contribution in [2.75, 3.05) is 0 Å². The van der Waals surface area contributed by atoms with Gasteiger partial charge in [0.1, 0.15) is 0 Å². The van der Waals surface area contributed by atoms with Crippen molar-refractivity contribution in [1.29, 1.82) is 0 Å². The molecule has 1 aromatic carbocycles. The summed E-state index contributed by atoms with van der Waals surface area (Å²) in [7, 11) is 0. The average molecular weight is 302 g/mol. The molecule has 0 bridgehead atoms. The number of unbranched alkanes of at least 4 members (excludes halogenated alkanes) is 3. The zero-order valence-corrected chi connectivity index (χ0v) is 13.7. The number of hydrogen-bond donors (Lipinski definition) is 1. The average Bonchev–Trinajstić information content (AvgIpc) is 2.34. The van der Waals surface area contributed by atoms with Crippen molar-refractivity contribution in [3.05, 3.63) is 33.8 Å². The second-order valence-electron chi connectivity index (χ2n) is 5.30. The lowest BCUT2D eigenvalue weighted by Gasteiger charge is -2.21. The molecule has 1 rings (SSSR count). The van der Waals surface area contributed by atoms with Crippen molar-refractivity contribution < 1.29 is 0 Å². The molecular formula is C16H25Cl2N. The molecule has 0 heterocycles. The first-order valence-electron chi connectivity index (χ1n) is 7.25. The SMILES string of the molecule is CCCCCCC(C)NC(C)c1ccc(Cl)cc1Cl. The molecule has 0 aliphatic heterocycles. The fourth-order valence-corrected chi connectivity index (χ4v) is 2.90. The van der Waals surface area contributed by atoms with Gasteiger partial charge in [0.15, 0.2) is 0 Å². The van der Waals surface area contributed by atoms with Gasteiger partial charge in [0.05, 0.1) is 0 Å². The van der Waals surface area contributed by atoms with Crippen molar-refractivity contribution in [3.8, 4) is 0 Å². The fraction of sp³-hybridized carbons (Fsp3) is 0.625. The van der Waals surface area contributed by atoms with Crippen LogP contribution in [0.4, 0.5) is 0 Å². The topological polar surface area (TPSA) is 12.0 Å². The molecule has 0 aliphatic rings. The Bertz CT molecular complexity index is 379. The van der Waals surface area contributed by atoms with Crippen molar-refractivity contribution in [1.82, 2.24) is 5.32 Å². The number of nitrogens with one attached hydrogen (secondary N) is 1. The fourth-order valence-electron chi connectivity index (χ4n) is 2.33. The van der Waals surface area contributed by atoms with Crippen molar-refractivity contribution in [3.63, 3.8) is 0 Å². The van der Waals surface area contributed by atoms with Gasteiger partial charge >= 0.3 is 0 Å². The minimum atomic E-state index is 0.256. The van der Waals surface area contributed by atoms with Gasteiger partial charge in [-0.1, -0.05) is 61.9 Å². The van der Waals surface area contributed by atoms with E-state index in [2.05, 4.69) is 26.1 Å². The standard InChI is InChI=1S/C16H25Cl2N/c1-4-5-6-7-8-12(2)19-13(3)15-10-9-14(17)11-16(15)18/h9-13,19H,4-8H2,1-3H3. The summed E-state index contributed by atoms with van der Waals surface area (Å²) in [5.74, 6) is 0. The van der Waals surface area contributed by atoms with Gasteiger partial charge in [0, 0.05) is 22.1 Å². The third kappa shape index (κ3) is 6.16. The summed E-state index contributed by atoms with van der Waals surface area (Å²) in [4.78, 5) is 0. The number of benzene rings is 1. The third-order valence-electron chi connectivity index (χ3n) is 3.45. The first-order chi connectivity index (χ1) is 9.04. The van der Waals surface area contributed by atoms with Crippen LogP contribution in [0.5, 0.6) is 0 Å². The Morgan fingerprint density at radius 3 is 2.47 bits per heavy atom. The summed E-state index contributed by atoms with van der Waals surface area (Å²) >= 11 is 12.1. The maximum Gasteiger partial charge on any atom is 0.0468 e. The maximum atomic E-state index is 6.23. The largest absolute Gasteiger partial charge is 0.308 e. The summed E-state index contributed by atoms with van der Waals surface area (Å²) < 4.78 is 0. The van der Waals surface area contributed by atoms with Crippen molar-refractivity contribution in [2.24, 2.45) is 0 Å². The van der Waals surface area contributed by atoms with Gasteiger partial charge in [-0.3, -0.25) is 0 Å². The Hall–Kier alpha value is -0.240. The number of rotatable bonds is 8. The van der Waals surface area contributed by atoms with Crippen molar-refractivity contribution >= 4 is 23.2 Å². The van der Waals surface area contributed by atoms with E-state index in [4.69, 9.17) is 23.2 Å². The van der Waals surface area contributed by atoms with Crippen LogP contribution in [0.3, 0.4) is 0 Å². The molecule has 0 saturated heterocycles. The Balaban J connectivity index is 2.43. The number of hydrogen-bond acceptors (Lipinski definition) is 1.